The number of carbonyl (C=O) groups is 1. The number of anilines is 1. The van der Waals surface area contributed by atoms with Crippen LogP contribution < -0.4 is 5.73 Å². The second-order valence-corrected chi connectivity index (χ2v) is 7.23. The zero-order chi connectivity index (χ0) is 14.0. The summed E-state index contributed by atoms with van der Waals surface area (Å²) in [7, 11) is -3.00. The third-order valence-corrected chi connectivity index (χ3v) is 4.90. The van der Waals surface area contributed by atoms with Gasteiger partial charge in [-0.3, -0.25) is 4.79 Å². The van der Waals surface area contributed by atoms with Crippen LogP contribution in [0.15, 0.2) is 18.2 Å². The van der Waals surface area contributed by atoms with E-state index in [4.69, 9.17) is 5.73 Å². The van der Waals surface area contributed by atoms with E-state index in [0.29, 0.717) is 24.2 Å². The first-order valence-corrected chi connectivity index (χ1v) is 8.06. The van der Waals surface area contributed by atoms with Gasteiger partial charge < -0.3 is 10.6 Å². The van der Waals surface area contributed by atoms with Gasteiger partial charge in [0, 0.05) is 24.3 Å². The van der Waals surface area contributed by atoms with Gasteiger partial charge in [-0.15, -0.1) is 0 Å². The smallest absolute Gasteiger partial charge is 0.253 e. The van der Waals surface area contributed by atoms with Crippen molar-refractivity contribution in [2.24, 2.45) is 0 Å². The largest absolute Gasteiger partial charge is 0.399 e. The van der Waals surface area contributed by atoms with E-state index < -0.39 is 9.84 Å². The Bertz CT molecular complexity index is 576. The molecular weight excluding hydrogens is 264 g/mol. The number of carbonyl (C=O) groups excluding carboxylic acids is 1. The number of hydrogen-bond acceptors (Lipinski definition) is 4. The van der Waals surface area contributed by atoms with Gasteiger partial charge in [0.15, 0.2) is 9.84 Å². The first kappa shape index (κ1) is 13.9. The van der Waals surface area contributed by atoms with Crippen LogP contribution in [-0.4, -0.2) is 43.8 Å². The Balaban J connectivity index is 2.19. The second kappa shape index (κ2) is 5.21. The minimum atomic E-state index is -3.00. The third kappa shape index (κ3) is 3.47. The highest BCUT2D eigenvalue weighted by atomic mass is 32.2. The molecule has 0 aromatic heterocycles. The molecule has 0 unspecified atom stereocenters. The number of rotatable bonds is 1. The van der Waals surface area contributed by atoms with Crippen LogP contribution in [0.3, 0.4) is 0 Å². The van der Waals surface area contributed by atoms with Gasteiger partial charge in [0.1, 0.15) is 0 Å². The van der Waals surface area contributed by atoms with E-state index in [1.165, 1.54) is 0 Å². The molecule has 1 fully saturated rings. The van der Waals surface area contributed by atoms with E-state index in [2.05, 4.69) is 0 Å². The van der Waals surface area contributed by atoms with Crippen LogP contribution in [0.2, 0.25) is 0 Å². The number of hydrogen-bond donors (Lipinski definition) is 1. The summed E-state index contributed by atoms with van der Waals surface area (Å²) in [5, 5.41) is 0. The van der Waals surface area contributed by atoms with E-state index in [9.17, 15) is 13.2 Å². The van der Waals surface area contributed by atoms with Crippen LogP contribution in [0.5, 0.6) is 0 Å². The predicted octanol–water partition coefficient (Wildman–Crippen LogP) is 0.838. The van der Waals surface area contributed by atoms with Gasteiger partial charge in [-0.05, 0) is 37.1 Å². The maximum atomic E-state index is 12.3. The standard InChI is InChI=1S/C13H18N2O3S/c1-10-7-11(9-12(14)8-10)13(16)15-3-2-5-19(17,18)6-4-15/h7-9H,2-6,14H2,1H3. The van der Waals surface area contributed by atoms with E-state index in [1.54, 1.807) is 23.1 Å². The number of aryl methyl sites for hydroxylation is 1. The van der Waals surface area contributed by atoms with Gasteiger partial charge in [-0.25, -0.2) is 8.42 Å². The van der Waals surface area contributed by atoms with Gasteiger partial charge in [0.25, 0.3) is 5.91 Å². The van der Waals surface area contributed by atoms with Gasteiger partial charge >= 0.3 is 0 Å². The lowest BCUT2D eigenvalue weighted by molar-refractivity contribution is 0.0768. The second-order valence-electron chi connectivity index (χ2n) is 4.93. The van der Waals surface area contributed by atoms with E-state index >= 15 is 0 Å². The fraction of sp³-hybridized carbons (Fsp3) is 0.462. The van der Waals surface area contributed by atoms with Gasteiger partial charge in [0.2, 0.25) is 0 Å². The molecule has 6 heteroatoms. The molecule has 0 saturated carbocycles. The van der Waals surface area contributed by atoms with Crippen molar-refractivity contribution in [3.63, 3.8) is 0 Å². The van der Waals surface area contributed by atoms with Crippen molar-refractivity contribution in [2.75, 3.05) is 30.3 Å². The highest BCUT2D eigenvalue weighted by Gasteiger charge is 2.23. The molecule has 5 nitrogen and oxygen atoms in total. The SMILES string of the molecule is Cc1cc(N)cc(C(=O)N2CCCS(=O)(=O)CC2)c1. The van der Waals surface area contributed by atoms with Crippen molar-refractivity contribution in [1.29, 1.82) is 0 Å². The Morgan fingerprint density at radius 1 is 1.21 bits per heavy atom. The monoisotopic (exact) mass is 282 g/mol. The number of nitrogen functional groups attached to an aromatic ring is 1. The summed E-state index contributed by atoms with van der Waals surface area (Å²) in [6.07, 6.45) is 0.495. The normalized spacial score (nSPS) is 18.9. The summed E-state index contributed by atoms with van der Waals surface area (Å²) >= 11 is 0. The minimum Gasteiger partial charge on any atom is -0.399 e. The summed E-state index contributed by atoms with van der Waals surface area (Å²) in [6.45, 7) is 2.61. The van der Waals surface area contributed by atoms with Crippen molar-refractivity contribution in [2.45, 2.75) is 13.3 Å². The van der Waals surface area contributed by atoms with E-state index in [1.807, 2.05) is 6.92 Å². The van der Waals surface area contributed by atoms with Crippen molar-refractivity contribution in [3.05, 3.63) is 29.3 Å². The molecule has 2 rings (SSSR count). The molecule has 1 aromatic rings. The van der Waals surface area contributed by atoms with Gasteiger partial charge in [-0.2, -0.15) is 0 Å². The fourth-order valence-corrected chi connectivity index (χ4v) is 3.53. The molecule has 0 radical (unpaired) electrons. The van der Waals surface area contributed by atoms with E-state index in [0.717, 1.165) is 5.56 Å². The maximum absolute atomic E-state index is 12.3. The predicted molar refractivity (Wildman–Crippen MR) is 74.8 cm³/mol. The number of benzene rings is 1. The first-order chi connectivity index (χ1) is 8.87. The summed E-state index contributed by atoms with van der Waals surface area (Å²) in [4.78, 5) is 13.9. The average Bonchev–Trinajstić information content (AvgIpc) is 2.48. The summed E-state index contributed by atoms with van der Waals surface area (Å²) in [5.74, 6) is 0.0553. The number of amides is 1. The maximum Gasteiger partial charge on any atom is 0.253 e. The van der Waals surface area contributed by atoms with Crippen LogP contribution in [0.4, 0.5) is 5.69 Å². The van der Waals surface area contributed by atoms with Crippen LogP contribution in [0.25, 0.3) is 0 Å². The summed E-state index contributed by atoms with van der Waals surface area (Å²) in [5.41, 5.74) is 7.73. The first-order valence-electron chi connectivity index (χ1n) is 6.24. The van der Waals surface area contributed by atoms with Gasteiger partial charge in [-0.1, -0.05) is 0 Å². The Morgan fingerprint density at radius 3 is 2.63 bits per heavy atom. The van der Waals surface area contributed by atoms with Crippen LogP contribution >= 0.6 is 0 Å². The van der Waals surface area contributed by atoms with Crippen molar-refractivity contribution < 1.29 is 13.2 Å². The van der Waals surface area contributed by atoms with Crippen LogP contribution in [0.1, 0.15) is 22.3 Å². The molecule has 1 saturated heterocycles. The number of nitrogens with two attached hydrogens (primary N) is 1. The Kier molecular flexibility index (Phi) is 3.80. The van der Waals surface area contributed by atoms with E-state index in [-0.39, 0.29) is 24.0 Å². The molecule has 1 amide bonds. The molecule has 0 bridgehead atoms. The highest BCUT2D eigenvalue weighted by molar-refractivity contribution is 7.91. The molecule has 0 spiro atoms. The number of nitrogens with zero attached hydrogens (tertiary/aromatic N) is 1. The lowest BCUT2D eigenvalue weighted by Crippen LogP contribution is -2.33. The summed E-state index contributed by atoms with van der Waals surface area (Å²) in [6, 6.07) is 5.20. The molecular formula is C13H18N2O3S. The molecule has 1 aromatic carbocycles. The Labute approximate surface area is 113 Å². The highest BCUT2D eigenvalue weighted by Crippen LogP contribution is 2.15. The third-order valence-electron chi connectivity index (χ3n) is 3.19. The molecule has 1 aliphatic rings. The minimum absolute atomic E-state index is 0.0417. The number of sulfone groups is 1. The fourth-order valence-electron chi connectivity index (χ4n) is 2.26. The lowest BCUT2D eigenvalue weighted by Gasteiger charge is -2.20. The Morgan fingerprint density at radius 2 is 1.95 bits per heavy atom. The molecule has 1 heterocycles. The van der Waals surface area contributed by atoms with Crippen LogP contribution in [0, 0.1) is 6.92 Å². The molecule has 0 aliphatic carbocycles. The summed E-state index contributed by atoms with van der Waals surface area (Å²) < 4.78 is 23.1. The van der Waals surface area contributed by atoms with Gasteiger partial charge in [0.05, 0.1) is 11.5 Å². The lowest BCUT2D eigenvalue weighted by atomic mass is 10.1. The topological polar surface area (TPSA) is 80.5 Å². The van der Waals surface area contributed by atoms with Crippen molar-refractivity contribution in [1.82, 2.24) is 4.90 Å². The Hall–Kier alpha value is -1.56. The van der Waals surface area contributed by atoms with Crippen molar-refractivity contribution >= 4 is 21.4 Å². The zero-order valence-electron chi connectivity index (χ0n) is 10.9. The molecule has 19 heavy (non-hydrogen) atoms. The average molecular weight is 282 g/mol. The van der Waals surface area contributed by atoms with Crippen molar-refractivity contribution in [3.8, 4) is 0 Å². The molecule has 0 atom stereocenters. The molecule has 1 aliphatic heterocycles. The molecule has 2 N–H and O–H groups in total. The quantitative estimate of drug-likeness (QED) is 0.774. The zero-order valence-corrected chi connectivity index (χ0v) is 11.7. The molecule has 104 valence electrons. The van der Waals surface area contributed by atoms with Crippen LogP contribution in [-0.2, 0) is 9.84 Å².